The molecule has 3 heterocycles. The first-order valence-corrected chi connectivity index (χ1v) is 9.89. The smallest absolute Gasteiger partial charge is 0.313 e. The molecule has 0 aromatic carbocycles. The molecule has 2 fully saturated rings. The summed E-state index contributed by atoms with van der Waals surface area (Å²) >= 11 is 1.41. The van der Waals surface area contributed by atoms with Gasteiger partial charge in [0.05, 0.1) is 4.90 Å². The maximum Gasteiger partial charge on any atom is 0.313 e. The lowest BCUT2D eigenvalue weighted by Gasteiger charge is -2.24. The predicted molar refractivity (Wildman–Crippen MR) is 88.4 cm³/mol. The topological polar surface area (TPSA) is 95.0 Å². The van der Waals surface area contributed by atoms with Crippen LogP contribution in [0.3, 0.4) is 0 Å². The van der Waals surface area contributed by atoms with Crippen molar-refractivity contribution >= 4 is 33.2 Å². The van der Waals surface area contributed by atoms with E-state index in [-0.39, 0.29) is 42.9 Å². The molecule has 0 radical (unpaired) electrons. The van der Waals surface area contributed by atoms with E-state index in [1.807, 2.05) is 6.92 Å². The lowest BCUT2D eigenvalue weighted by Crippen LogP contribution is -2.42. The largest absolute Gasteiger partial charge is 0.481 e. The van der Waals surface area contributed by atoms with Crippen molar-refractivity contribution in [3.8, 4) is 0 Å². The van der Waals surface area contributed by atoms with Crippen LogP contribution in [0.2, 0.25) is 0 Å². The zero-order chi connectivity index (χ0) is 17.9. The van der Waals surface area contributed by atoms with E-state index in [9.17, 15) is 23.1 Å². The van der Waals surface area contributed by atoms with Gasteiger partial charge in [0.25, 0.3) is 0 Å². The fourth-order valence-corrected chi connectivity index (χ4v) is 6.83. The van der Waals surface area contributed by atoms with E-state index in [1.165, 1.54) is 27.5 Å². The molecule has 3 rings (SSSR count). The van der Waals surface area contributed by atoms with Crippen molar-refractivity contribution in [2.75, 3.05) is 26.2 Å². The van der Waals surface area contributed by atoms with Crippen molar-refractivity contribution in [1.82, 2.24) is 9.21 Å². The number of carbonyl (C=O) groups is 2. The summed E-state index contributed by atoms with van der Waals surface area (Å²) in [6, 6.07) is 1.64. The van der Waals surface area contributed by atoms with Crippen LogP contribution in [-0.2, 0) is 19.6 Å². The second kappa shape index (κ2) is 5.53. The van der Waals surface area contributed by atoms with Gasteiger partial charge in [-0.1, -0.05) is 0 Å². The van der Waals surface area contributed by atoms with Crippen LogP contribution >= 0.6 is 11.3 Å². The Hall–Kier alpha value is -1.45. The Labute approximate surface area is 144 Å². The van der Waals surface area contributed by atoms with Crippen LogP contribution in [0.15, 0.2) is 11.0 Å². The molecule has 0 bridgehead atoms. The number of fused-ring (bicyclic) bond motifs is 1. The monoisotopic (exact) mass is 372 g/mol. The Kier molecular flexibility index (Phi) is 4.01. The first-order valence-electron chi connectivity index (χ1n) is 7.64. The number of rotatable bonds is 3. The summed E-state index contributed by atoms with van der Waals surface area (Å²) in [5.74, 6) is -1.59. The summed E-state index contributed by atoms with van der Waals surface area (Å²) in [4.78, 5) is 26.9. The van der Waals surface area contributed by atoms with Crippen LogP contribution in [-0.4, -0.2) is 60.8 Å². The van der Waals surface area contributed by atoms with E-state index < -0.39 is 21.4 Å². The van der Waals surface area contributed by atoms with Crippen LogP contribution in [0, 0.1) is 25.2 Å². The number of thiophene rings is 1. The first-order chi connectivity index (χ1) is 11.1. The summed E-state index contributed by atoms with van der Waals surface area (Å²) in [6.45, 7) is 5.40. The summed E-state index contributed by atoms with van der Waals surface area (Å²) in [6.07, 6.45) is 0. The number of carbonyl (C=O) groups excluding carboxylic acids is 1. The zero-order valence-corrected chi connectivity index (χ0v) is 15.4. The minimum absolute atomic E-state index is 0.0655. The summed E-state index contributed by atoms with van der Waals surface area (Å²) in [7, 11) is -3.72. The molecule has 0 aliphatic carbocycles. The highest BCUT2D eigenvalue weighted by molar-refractivity contribution is 7.89. The summed E-state index contributed by atoms with van der Waals surface area (Å²) < 4.78 is 27.2. The van der Waals surface area contributed by atoms with Gasteiger partial charge in [-0.05, 0) is 19.9 Å². The minimum atomic E-state index is -3.72. The average Bonchev–Trinajstić information content (AvgIpc) is 3.08. The van der Waals surface area contributed by atoms with E-state index in [2.05, 4.69) is 0 Å². The van der Waals surface area contributed by atoms with Crippen LogP contribution in [0.1, 0.15) is 16.7 Å². The van der Waals surface area contributed by atoms with Gasteiger partial charge in [-0.3, -0.25) is 9.59 Å². The van der Waals surface area contributed by atoms with Crippen molar-refractivity contribution in [1.29, 1.82) is 0 Å². The van der Waals surface area contributed by atoms with Crippen LogP contribution in [0.5, 0.6) is 0 Å². The van der Waals surface area contributed by atoms with Gasteiger partial charge in [-0.15, -0.1) is 11.3 Å². The predicted octanol–water partition coefficient (Wildman–Crippen LogP) is 0.919. The number of aryl methyl sites for hydroxylation is 2. The number of aliphatic carboxylic acids is 1. The van der Waals surface area contributed by atoms with E-state index in [0.717, 1.165) is 4.88 Å². The quantitative estimate of drug-likeness (QED) is 0.851. The molecule has 0 spiro atoms. The number of hydrogen-bond acceptors (Lipinski definition) is 5. The highest BCUT2D eigenvalue weighted by Crippen LogP contribution is 2.45. The highest BCUT2D eigenvalue weighted by atomic mass is 32.2. The molecule has 9 heteroatoms. The standard InChI is InChI=1S/C15H20N2O5S2/c1-9-4-13(10(2)23-9)24(21,22)17-6-12-5-16(11(3)18)7-15(12,8-17)14(19)20/h4,12H,5-8H2,1-3H3,(H,19,20)/t12-,15-/m0/s1. The van der Waals surface area contributed by atoms with Crippen molar-refractivity contribution < 1.29 is 23.1 Å². The molecular weight excluding hydrogens is 352 g/mol. The molecule has 1 aromatic heterocycles. The lowest BCUT2D eigenvalue weighted by molar-refractivity contribution is -0.148. The molecule has 2 aliphatic heterocycles. The Morgan fingerprint density at radius 1 is 1.29 bits per heavy atom. The Bertz CT molecular complexity index is 816. The molecule has 2 aliphatic rings. The summed E-state index contributed by atoms with van der Waals surface area (Å²) in [5.41, 5.74) is -1.21. The number of sulfonamides is 1. The number of carboxylic acid groups (broad SMARTS) is 1. The molecule has 2 saturated heterocycles. The molecule has 1 amide bonds. The molecule has 1 aromatic rings. The normalized spacial score (nSPS) is 27.5. The number of likely N-dealkylation sites (tertiary alicyclic amines) is 1. The third kappa shape index (κ3) is 2.46. The van der Waals surface area contributed by atoms with Gasteiger partial charge < -0.3 is 10.0 Å². The van der Waals surface area contributed by atoms with Gasteiger partial charge in [0.1, 0.15) is 5.41 Å². The van der Waals surface area contributed by atoms with Gasteiger partial charge in [0, 0.05) is 48.8 Å². The molecule has 2 atom stereocenters. The van der Waals surface area contributed by atoms with Crippen LogP contribution < -0.4 is 0 Å². The van der Waals surface area contributed by atoms with Crippen molar-refractivity contribution in [2.24, 2.45) is 11.3 Å². The molecule has 7 nitrogen and oxygen atoms in total. The van der Waals surface area contributed by atoms with Crippen molar-refractivity contribution in [3.63, 3.8) is 0 Å². The Morgan fingerprint density at radius 2 is 1.96 bits per heavy atom. The zero-order valence-electron chi connectivity index (χ0n) is 13.8. The molecule has 1 N–H and O–H groups in total. The average molecular weight is 372 g/mol. The van der Waals surface area contributed by atoms with Crippen LogP contribution in [0.25, 0.3) is 0 Å². The van der Waals surface area contributed by atoms with Crippen LogP contribution in [0.4, 0.5) is 0 Å². The second-order valence-electron chi connectivity index (χ2n) is 6.63. The molecule has 132 valence electrons. The Morgan fingerprint density at radius 3 is 2.42 bits per heavy atom. The van der Waals surface area contributed by atoms with E-state index >= 15 is 0 Å². The maximum absolute atomic E-state index is 12.9. The highest BCUT2D eigenvalue weighted by Gasteiger charge is 2.60. The van der Waals surface area contributed by atoms with Gasteiger partial charge >= 0.3 is 5.97 Å². The maximum atomic E-state index is 12.9. The number of nitrogens with zero attached hydrogens (tertiary/aromatic N) is 2. The van der Waals surface area contributed by atoms with Gasteiger partial charge in [-0.2, -0.15) is 4.31 Å². The third-order valence-electron chi connectivity index (χ3n) is 5.06. The molecule has 24 heavy (non-hydrogen) atoms. The van der Waals surface area contributed by atoms with Crippen molar-refractivity contribution in [3.05, 3.63) is 15.8 Å². The molecular formula is C15H20N2O5S2. The van der Waals surface area contributed by atoms with E-state index in [0.29, 0.717) is 4.88 Å². The fraction of sp³-hybridized carbons (Fsp3) is 0.600. The van der Waals surface area contributed by atoms with Crippen molar-refractivity contribution in [2.45, 2.75) is 25.7 Å². The SMILES string of the molecule is CC(=O)N1C[C@H]2CN(S(=O)(=O)c3cc(C)sc3C)C[C@@]2(C(=O)O)C1. The number of carboxylic acids is 1. The van der Waals surface area contributed by atoms with E-state index in [1.54, 1.807) is 13.0 Å². The second-order valence-corrected chi connectivity index (χ2v) is 10.00. The van der Waals surface area contributed by atoms with Gasteiger partial charge in [0.2, 0.25) is 15.9 Å². The third-order valence-corrected chi connectivity index (χ3v) is 8.10. The Balaban J connectivity index is 1.94. The molecule has 0 saturated carbocycles. The number of amides is 1. The van der Waals surface area contributed by atoms with Gasteiger partial charge in [-0.25, -0.2) is 8.42 Å². The minimum Gasteiger partial charge on any atom is -0.481 e. The summed E-state index contributed by atoms with van der Waals surface area (Å²) in [5, 5.41) is 9.73. The van der Waals surface area contributed by atoms with E-state index in [4.69, 9.17) is 0 Å². The lowest BCUT2D eigenvalue weighted by atomic mass is 9.81. The fourth-order valence-electron chi connectivity index (χ4n) is 3.75. The van der Waals surface area contributed by atoms with Gasteiger partial charge in [0.15, 0.2) is 0 Å². The molecule has 0 unspecified atom stereocenters. The first kappa shape index (κ1) is 17.4. The number of hydrogen-bond donors (Lipinski definition) is 1.